The van der Waals surface area contributed by atoms with Crippen molar-refractivity contribution in [3.8, 4) is 10.6 Å². The third-order valence-corrected chi connectivity index (χ3v) is 5.58. The zero-order valence-electron chi connectivity index (χ0n) is 12.5. The molecule has 7 heteroatoms. The molecule has 0 fully saturated rings. The molecule has 0 radical (unpaired) electrons. The monoisotopic (exact) mass is 358 g/mol. The smallest absolute Gasteiger partial charge is 0.240 e. The van der Waals surface area contributed by atoms with Crippen LogP contribution in [0.15, 0.2) is 71.1 Å². The molecule has 1 aromatic heterocycles. The van der Waals surface area contributed by atoms with Gasteiger partial charge in [0.05, 0.1) is 11.4 Å². The summed E-state index contributed by atoms with van der Waals surface area (Å²) in [6, 6.07) is 15.0. The lowest BCUT2D eigenvalue weighted by Crippen LogP contribution is -2.29. The zero-order chi connectivity index (χ0) is 17.0. The van der Waals surface area contributed by atoms with Crippen molar-refractivity contribution in [1.29, 1.82) is 0 Å². The largest absolute Gasteiger partial charge is 0.293 e. The van der Waals surface area contributed by atoms with E-state index in [9.17, 15) is 13.2 Å². The summed E-state index contributed by atoms with van der Waals surface area (Å²) >= 11 is 1.48. The highest BCUT2D eigenvalue weighted by atomic mass is 32.2. The molecule has 0 aliphatic carbocycles. The maximum atomic E-state index is 12.3. The Labute approximate surface area is 144 Å². The van der Waals surface area contributed by atoms with Crippen LogP contribution in [0.25, 0.3) is 10.6 Å². The Morgan fingerprint density at radius 1 is 1.08 bits per heavy atom. The number of thiazole rings is 1. The highest BCUT2D eigenvalue weighted by Gasteiger charge is 2.16. The van der Waals surface area contributed by atoms with E-state index in [1.54, 1.807) is 42.6 Å². The molecule has 0 spiro atoms. The lowest BCUT2D eigenvalue weighted by atomic mass is 10.1. The molecule has 0 atom stereocenters. The molecule has 1 N–H and O–H groups in total. The van der Waals surface area contributed by atoms with Gasteiger partial charge in [0, 0.05) is 22.7 Å². The van der Waals surface area contributed by atoms with Crippen molar-refractivity contribution >= 4 is 27.1 Å². The first-order valence-electron chi connectivity index (χ1n) is 7.14. The van der Waals surface area contributed by atoms with E-state index in [1.807, 2.05) is 11.4 Å². The summed E-state index contributed by atoms with van der Waals surface area (Å²) in [5.74, 6) is -0.298. The molecule has 0 aliphatic heterocycles. The SMILES string of the molecule is O=C(CNS(=O)(=O)c1ccccc1)c1cccc(-c2nccs2)c1. The maximum Gasteiger partial charge on any atom is 0.240 e. The van der Waals surface area contributed by atoms with Gasteiger partial charge in [-0.1, -0.05) is 36.4 Å². The molecule has 0 saturated carbocycles. The first-order chi connectivity index (χ1) is 11.6. The second kappa shape index (κ2) is 7.04. The molecule has 0 bridgehead atoms. The van der Waals surface area contributed by atoms with Gasteiger partial charge in [-0.3, -0.25) is 4.79 Å². The first-order valence-corrected chi connectivity index (χ1v) is 9.50. The molecule has 0 saturated heterocycles. The van der Waals surface area contributed by atoms with Crippen molar-refractivity contribution in [2.24, 2.45) is 0 Å². The Morgan fingerprint density at radius 2 is 1.88 bits per heavy atom. The van der Waals surface area contributed by atoms with Gasteiger partial charge in [0.25, 0.3) is 0 Å². The summed E-state index contributed by atoms with van der Waals surface area (Å²) < 4.78 is 26.6. The summed E-state index contributed by atoms with van der Waals surface area (Å²) in [6.07, 6.45) is 1.70. The molecule has 2 aromatic carbocycles. The molecular weight excluding hydrogens is 344 g/mol. The number of nitrogens with zero attached hydrogens (tertiary/aromatic N) is 1. The maximum absolute atomic E-state index is 12.3. The molecule has 0 amide bonds. The number of rotatable bonds is 6. The summed E-state index contributed by atoms with van der Waals surface area (Å²) in [6.45, 7) is -0.293. The van der Waals surface area contributed by atoms with E-state index in [-0.39, 0.29) is 17.2 Å². The van der Waals surface area contributed by atoms with Crippen molar-refractivity contribution in [3.63, 3.8) is 0 Å². The zero-order valence-corrected chi connectivity index (χ0v) is 14.2. The van der Waals surface area contributed by atoms with Crippen LogP contribution < -0.4 is 4.72 Å². The van der Waals surface area contributed by atoms with Crippen LogP contribution in [0.5, 0.6) is 0 Å². The van der Waals surface area contributed by atoms with Gasteiger partial charge < -0.3 is 0 Å². The molecule has 0 aliphatic rings. The number of ketones is 1. The molecule has 24 heavy (non-hydrogen) atoms. The van der Waals surface area contributed by atoms with Crippen LogP contribution in [0.1, 0.15) is 10.4 Å². The number of nitrogens with one attached hydrogen (secondary N) is 1. The average Bonchev–Trinajstić information content (AvgIpc) is 3.15. The molecular formula is C17H14N2O3S2. The minimum absolute atomic E-state index is 0.134. The third-order valence-electron chi connectivity index (χ3n) is 3.34. The van der Waals surface area contributed by atoms with Gasteiger partial charge in [-0.25, -0.2) is 18.1 Å². The third kappa shape index (κ3) is 3.76. The van der Waals surface area contributed by atoms with Gasteiger partial charge in [-0.15, -0.1) is 11.3 Å². The molecule has 3 aromatic rings. The highest BCUT2D eigenvalue weighted by Crippen LogP contribution is 2.22. The van der Waals surface area contributed by atoms with Gasteiger partial charge in [0.15, 0.2) is 5.78 Å². The predicted molar refractivity (Wildman–Crippen MR) is 93.5 cm³/mol. The molecule has 0 unspecified atom stereocenters. The molecule has 3 rings (SSSR count). The highest BCUT2D eigenvalue weighted by molar-refractivity contribution is 7.89. The van der Waals surface area contributed by atoms with E-state index in [1.165, 1.54) is 23.5 Å². The quantitative estimate of drug-likeness (QED) is 0.687. The fourth-order valence-corrected chi connectivity index (χ4v) is 3.78. The van der Waals surface area contributed by atoms with Crippen molar-refractivity contribution in [2.45, 2.75) is 4.90 Å². The Hall–Kier alpha value is -2.35. The van der Waals surface area contributed by atoms with Crippen molar-refractivity contribution in [2.75, 3.05) is 6.54 Å². The predicted octanol–water partition coefficient (Wildman–Crippen LogP) is 2.97. The van der Waals surface area contributed by atoms with E-state index in [2.05, 4.69) is 9.71 Å². The summed E-state index contributed by atoms with van der Waals surface area (Å²) in [7, 11) is -3.70. The molecule has 1 heterocycles. The Bertz CT molecular complexity index is 937. The topological polar surface area (TPSA) is 76.1 Å². The number of sulfonamides is 1. The number of aromatic nitrogens is 1. The van der Waals surface area contributed by atoms with Crippen LogP contribution in [0, 0.1) is 0 Å². The van der Waals surface area contributed by atoms with Crippen LogP contribution in [-0.2, 0) is 10.0 Å². The fourth-order valence-electron chi connectivity index (χ4n) is 2.14. The van der Waals surface area contributed by atoms with Crippen LogP contribution in [-0.4, -0.2) is 25.7 Å². The van der Waals surface area contributed by atoms with Crippen LogP contribution in [0.3, 0.4) is 0 Å². The fraction of sp³-hybridized carbons (Fsp3) is 0.0588. The van der Waals surface area contributed by atoms with E-state index in [4.69, 9.17) is 0 Å². The van der Waals surface area contributed by atoms with Gasteiger partial charge in [-0.05, 0) is 18.2 Å². The number of carbonyl (C=O) groups is 1. The van der Waals surface area contributed by atoms with Crippen LogP contribution in [0.4, 0.5) is 0 Å². The number of Topliss-reactive ketones (excluding diaryl/α,β-unsaturated/α-hetero) is 1. The van der Waals surface area contributed by atoms with E-state index in [0.29, 0.717) is 5.56 Å². The molecule has 5 nitrogen and oxygen atoms in total. The lowest BCUT2D eigenvalue weighted by molar-refractivity contribution is 0.0997. The molecule has 122 valence electrons. The van der Waals surface area contributed by atoms with E-state index in [0.717, 1.165) is 10.6 Å². The second-order valence-corrected chi connectivity index (χ2v) is 7.64. The minimum atomic E-state index is -3.70. The van der Waals surface area contributed by atoms with Crippen LogP contribution >= 0.6 is 11.3 Å². The first kappa shape index (κ1) is 16.5. The number of carbonyl (C=O) groups excluding carboxylic acids is 1. The summed E-state index contributed by atoms with van der Waals surface area (Å²) in [5.41, 5.74) is 1.28. The number of benzene rings is 2. The average molecular weight is 358 g/mol. The van der Waals surface area contributed by atoms with Gasteiger partial charge >= 0.3 is 0 Å². The normalized spacial score (nSPS) is 11.3. The van der Waals surface area contributed by atoms with Gasteiger partial charge in [0.2, 0.25) is 10.0 Å². The lowest BCUT2D eigenvalue weighted by Gasteiger charge is -2.07. The standard InChI is InChI=1S/C17H14N2O3S2/c20-16(12-19-24(21,22)15-7-2-1-3-8-15)13-5-4-6-14(11-13)17-18-9-10-23-17/h1-11,19H,12H2. The Morgan fingerprint density at radius 3 is 2.58 bits per heavy atom. The van der Waals surface area contributed by atoms with Gasteiger partial charge in [-0.2, -0.15) is 0 Å². The van der Waals surface area contributed by atoms with Crippen molar-refractivity contribution in [3.05, 3.63) is 71.7 Å². The van der Waals surface area contributed by atoms with Gasteiger partial charge in [0.1, 0.15) is 5.01 Å². The minimum Gasteiger partial charge on any atom is -0.293 e. The Kier molecular flexibility index (Phi) is 4.84. The summed E-state index contributed by atoms with van der Waals surface area (Å²) in [4.78, 5) is 16.6. The summed E-state index contributed by atoms with van der Waals surface area (Å²) in [5, 5.41) is 2.67. The van der Waals surface area contributed by atoms with Crippen LogP contribution in [0.2, 0.25) is 0 Å². The number of hydrogen-bond acceptors (Lipinski definition) is 5. The van der Waals surface area contributed by atoms with Crippen molar-refractivity contribution in [1.82, 2.24) is 9.71 Å². The van der Waals surface area contributed by atoms with E-state index < -0.39 is 10.0 Å². The Balaban J connectivity index is 1.73. The van der Waals surface area contributed by atoms with E-state index >= 15 is 0 Å². The van der Waals surface area contributed by atoms with Crippen molar-refractivity contribution < 1.29 is 13.2 Å². The number of hydrogen-bond donors (Lipinski definition) is 1. The second-order valence-electron chi connectivity index (χ2n) is 4.98.